The molecule has 4 heteroatoms. The van der Waals surface area contributed by atoms with Crippen LogP contribution in [0.4, 0.5) is 5.82 Å². The van der Waals surface area contributed by atoms with Gasteiger partial charge in [-0.25, -0.2) is 4.98 Å². The van der Waals surface area contributed by atoms with Gasteiger partial charge in [-0.1, -0.05) is 20.8 Å². The minimum atomic E-state index is 0.547. The van der Waals surface area contributed by atoms with E-state index in [1.54, 1.807) is 0 Å². The molecule has 0 radical (unpaired) electrons. The smallest absolute Gasteiger partial charge is 0.221 e. The molecule has 0 unspecified atom stereocenters. The number of hydrogen-bond acceptors (Lipinski definition) is 4. The molecule has 1 aliphatic rings. The van der Waals surface area contributed by atoms with Crippen molar-refractivity contribution in [3.63, 3.8) is 0 Å². The van der Waals surface area contributed by atoms with Gasteiger partial charge in [0.25, 0.3) is 0 Å². The average molecular weight is 291 g/mol. The monoisotopic (exact) mass is 291 g/mol. The van der Waals surface area contributed by atoms with Crippen LogP contribution in [0.1, 0.15) is 70.2 Å². The van der Waals surface area contributed by atoms with Crippen LogP contribution >= 0.6 is 0 Å². The SMILES string of the molecule is CCCNc1nc(C2CC2)nc(OCCCC(C)C)c1C. The molecule has 118 valence electrons. The van der Waals surface area contributed by atoms with Crippen LogP contribution in [0.5, 0.6) is 5.88 Å². The molecule has 1 aromatic heterocycles. The van der Waals surface area contributed by atoms with Gasteiger partial charge in [-0.3, -0.25) is 0 Å². The maximum absolute atomic E-state index is 5.94. The average Bonchev–Trinajstić information content (AvgIpc) is 3.28. The first-order chi connectivity index (χ1) is 10.1. The Balaban J connectivity index is 2.04. The molecule has 1 N–H and O–H groups in total. The summed E-state index contributed by atoms with van der Waals surface area (Å²) in [7, 11) is 0. The highest BCUT2D eigenvalue weighted by Crippen LogP contribution is 2.40. The van der Waals surface area contributed by atoms with E-state index < -0.39 is 0 Å². The predicted molar refractivity (Wildman–Crippen MR) is 87.1 cm³/mol. The number of rotatable bonds is 9. The second-order valence-corrected chi connectivity index (χ2v) is 6.45. The summed E-state index contributed by atoms with van der Waals surface area (Å²) in [5.74, 6) is 3.95. The fourth-order valence-corrected chi connectivity index (χ4v) is 2.25. The number of ether oxygens (including phenoxy) is 1. The van der Waals surface area contributed by atoms with Crippen molar-refractivity contribution in [3.8, 4) is 5.88 Å². The molecule has 0 amide bonds. The molecule has 0 atom stereocenters. The molecule has 0 saturated heterocycles. The van der Waals surface area contributed by atoms with E-state index in [0.29, 0.717) is 5.92 Å². The van der Waals surface area contributed by atoms with Crippen molar-refractivity contribution in [1.29, 1.82) is 0 Å². The first-order valence-electron chi connectivity index (χ1n) is 8.37. The lowest BCUT2D eigenvalue weighted by Gasteiger charge is -2.14. The molecule has 0 spiro atoms. The molecule has 4 nitrogen and oxygen atoms in total. The Bertz CT molecular complexity index is 456. The van der Waals surface area contributed by atoms with Crippen LogP contribution in [0.3, 0.4) is 0 Å². The lowest BCUT2D eigenvalue weighted by atomic mass is 10.1. The fourth-order valence-electron chi connectivity index (χ4n) is 2.25. The predicted octanol–water partition coefficient (Wildman–Crippen LogP) is 4.30. The molecule has 1 aliphatic carbocycles. The zero-order valence-electron chi connectivity index (χ0n) is 13.9. The second-order valence-electron chi connectivity index (χ2n) is 6.45. The van der Waals surface area contributed by atoms with E-state index in [9.17, 15) is 0 Å². The Hall–Kier alpha value is -1.32. The lowest BCUT2D eigenvalue weighted by Crippen LogP contribution is -2.10. The van der Waals surface area contributed by atoms with Crippen LogP contribution < -0.4 is 10.1 Å². The van der Waals surface area contributed by atoms with Crippen molar-refractivity contribution in [2.24, 2.45) is 5.92 Å². The van der Waals surface area contributed by atoms with Crippen molar-refractivity contribution >= 4 is 5.82 Å². The van der Waals surface area contributed by atoms with Crippen LogP contribution in [0, 0.1) is 12.8 Å². The van der Waals surface area contributed by atoms with Crippen molar-refractivity contribution in [2.45, 2.75) is 65.7 Å². The van der Waals surface area contributed by atoms with E-state index in [-0.39, 0.29) is 0 Å². The number of nitrogens with one attached hydrogen (secondary N) is 1. The zero-order chi connectivity index (χ0) is 15.2. The first-order valence-corrected chi connectivity index (χ1v) is 8.37. The zero-order valence-corrected chi connectivity index (χ0v) is 13.9. The second kappa shape index (κ2) is 7.62. The Labute approximate surface area is 128 Å². The summed E-state index contributed by atoms with van der Waals surface area (Å²) in [6.45, 7) is 10.4. The molecule has 1 heterocycles. The summed E-state index contributed by atoms with van der Waals surface area (Å²) in [6, 6.07) is 0. The molecular weight excluding hydrogens is 262 g/mol. The lowest BCUT2D eigenvalue weighted by molar-refractivity contribution is 0.284. The van der Waals surface area contributed by atoms with Crippen molar-refractivity contribution in [2.75, 3.05) is 18.5 Å². The van der Waals surface area contributed by atoms with E-state index >= 15 is 0 Å². The van der Waals surface area contributed by atoms with Crippen LogP contribution in [-0.4, -0.2) is 23.1 Å². The summed E-state index contributed by atoms with van der Waals surface area (Å²) in [5, 5.41) is 3.40. The number of aromatic nitrogens is 2. The molecule has 1 aromatic rings. The van der Waals surface area contributed by atoms with Gasteiger partial charge < -0.3 is 10.1 Å². The maximum atomic E-state index is 5.94. The van der Waals surface area contributed by atoms with E-state index in [4.69, 9.17) is 4.74 Å². The fraction of sp³-hybridized carbons (Fsp3) is 0.765. The first kappa shape index (κ1) is 16.1. The third kappa shape index (κ3) is 4.87. The van der Waals surface area contributed by atoms with Crippen molar-refractivity contribution < 1.29 is 4.74 Å². The van der Waals surface area contributed by atoms with E-state index in [0.717, 1.165) is 55.0 Å². The van der Waals surface area contributed by atoms with Gasteiger partial charge in [0.2, 0.25) is 5.88 Å². The van der Waals surface area contributed by atoms with Crippen LogP contribution in [-0.2, 0) is 0 Å². The highest BCUT2D eigenvalue weighted by molar-refractivity contribution is 5.49. The molecule has 1 saturated carbocycles. The molecule has 0 aromatic carbocycles. The quantitative estimate of drug-likeness (QED) is 0.689. The summed E-state index contributed by atoms with van der Waals surface area (Å²) in [4.78, 5) is 9.33. The van der Waals surface area contributed by atoms with Gasteiger partial charge in [0.15, 0.2) is 0 Å². The largest absolute Gasteiger partial charge is 0.477 e. The van der Waals surface area contributed by atoms with Gasteiger partial charge in [0.1, 0.15) is 11.6 Å². The third-order valence-corrected chi connectivity index (χ3v) is 3.77. The van der Waals surface area contributed by atoms with Crippen LogP contribution in [0.25, 0.3) is 0 Å². The topological polar surface area (TPSA) is 47.0 Å². The van der Waals surface area contributed by atoms with E-state index in [1.807, 2.05) is 6.92 Å². The standard InChI is InChI=1S/C17H29N3O/c1-5-10-18-15-13(4)17(21-11-6-7-12(2)3)20-16(19-15)14-8-9-14/h12,14H,5-11H2,1-4H3,(H,18,19,20). The summed E-state index contributed by atoms with van der Waals surface area (Å²) in [5.41, 5.74) is 1.04. The highest BCUT2D eigenvalue weighted by Gasteiger charge is 2.28. The van der Waals surface area contributed by atoms with Gasteiger partial charge in [-0.2, -0.15) is 4.98 Å². The summed E-state index contributed by atoms with van der Waals surface area (Å²) < 4.78 is 5.94. The van der Waals surface area contributed by atoms with E-state index in [1.165, 1.54) is 19.3 Å². The molecule has 0 bridgehead atoms. The minimum absolute atomic E-state index is 0.547. The summed E-state index contributed by atoms with van der Waals surface area (Å²) in [6.07, 6.45) is 5.79. The number of anilines is 1. The van der Waals surface area contributed by atoms with Crippen molar-refractivity contribution in [3.05, 3.63) is 11.4 Å². The Kier molecular flexibility index (Phi) is 5.83. The van der Waals surface area contributed by atoms with Crippen LogP contribution in [0.15, 0.2) is 0 Å². The summed E-state index contributed by atoms with van der Waals surface area (Å²) >= 11 is 0. The molecular formula is C17H29N3O. The molecule has 2 rings (SSSR count). The van der Waals surface area contributed by atoms with Crippen molar-refractivity contribution in [1.82, 2.24) is 9.97 Å². The van der Waals surface area contributed by atoms with Gasteiger partial charge >= 0.3 is 0 Å². The Morgan fingerprint density at radius 1 is 1.29 bits per heavy atom. The number of hydrogen-bond donors (Lipinski definition) is 1. The number of nitrogens with zero attached hydrogens (tertiary/aromatic N) is 2. The third-order valence-electron chi connectivity index (χ3n) is 3.77. The Morgan fingerprint density at radius 2 is 2.05 bits per heavy atom. The maximum Gasteiger partial charge on any atom is 0.221 e. The van der Waals surface area contributed by atoms with Gasteiger partial charge in [-0.15, -0.1) is 0 Å². The van der Waals surface area contributed by atoms with E-state index in [2.05, 4.69) is 36.1 Å². The van der Waals surface area contributed by atoms with Gasteiger partial charge in [-0.05, 0) is 44.9 Å². The molecule has 1 fully saturated rings. The van der Waals surface area contributed by atoms with Gasteiger partial charge in [0.05, 0.1) is 12.2 Å². The Morgan fingerprint density at radius 3 is 2.67 bits per heavy atom. The normalized spacial score (nSPS) is 14.5. The van der Waals surface area contributed by atoms with Crippen LogP contribution in [0.2, 0.25) is 0 Å². The highest BCUT2D eigenvalue weighted by atomic mass is 16.5. The molecule has 0 aliphatic heterocycles. The molecule has 21 heavy (non-hydrogen) atoms. The minimum Gasteiger partial charge on any atom is -0.477 e. The van der Waals surface area contributed by atoms with Gasteiger partial charge in [0, 0.05) is 12.5 Å².